The molecule has 3 unspecified atom stereocenters. The number of benzene rings is 1. The van der Waals surface area contributed by atoms with Crippen LogP contribution < -0.4 is 5.73 Å². The van der Waals surface area contributed by atoms with Crippen LogP contribution in [0.5, 0.6) is 0 Å². The van der Waals surface area contributed by atoms with Crippen LogP contribution in [0.15, 0.2) is 18.2 Å². The molecule has 1 nitrogen and oxygen atoms in total. The number of aryl methyl sites for hydroxylation is 2. The van der Waals surface area contributed by atoms with Crippen molar-refractivity contribution in [3.8, 4) is 0 Å². The van der Waals surface area contributed by atoms with Crippen molar-refractivity contribution in [3.05, 3.63) is 34.9 Å². The van der Waals surface area contributed by atoms with E-state index in [1.807, 2.05) is 0 Å². The molecule has 20 heavy (non-hydrogen) atoms. The molecule has 1 saturated carbocycles. The standard InChI is InChI=1S/C19H31N/c1-13-6-9-17(18(20)10-13)19(4,5)12-16-8-7-14(2)15(3)11-16/h7-8,11,13,17-18H,6,9-10,12,20H2,1-5H3. The van der Waals surface area contributed by atoms with Gasteiger partial charge in [-0.2, -0.15) is 0 Å². The van der Waals surface area contributed by atoms with Crippen LogP contribution in [-0.2, 0) is 6.42 Å². The molecule has 1 aromatic rings. The summed E-state index contributed by atoms with van der Waals surface area (Å²) in [6, 6.07) is 7.28. The van der Waals surface area contributed by atoms with E-state index in [1.54, 1.807) is 0 Å². The third-order valence-electron chi connectivity index (χ3n) is 5.40. The van der Waals surface area contributed by atoms with Crippen LogP contribution in [0.25, 0.3) is 0 Å². The molecule has 112 valence electrons. The monoisotopic (exact) mass is 273 g/mol. The van der Waals surface area contributed by atoms with Gasteiger partial charge in [0.15, 0.2) is 0 Å². The first-order valence-corrected chi connectivity index (χ1v) is 8.11. The van der Waals surface area contributed by atoms with Gasteiger partial charge in [0, 0.05) is 6.04 Å². The summed E-state index contributed by atoms with van der Waals surface area (Å²) in [5.41, 5.74) is 11.0. The Labute approximate surface area is 125 Å². The number of hydrogen-bond donors (Lipinski definition) is 1. The first kappa shape index (κ1) is 15.6. The molecule has 0 bridgehead atoms. The third-order valence-corrected chi connectivity index (χ3v) is 5.40. The van der Waals surface area contributed by atoms with Crippen LogP contribution in [0.4, 0.5) is 0 Å². The molecule has 1 heteroatoms. The number of nitrogens with two attached hydrogens (primary N) is 1. The molecule has 1 aliphatic carbocycles. The molecule has 3 atom stereocenters. The molecule has 0 amide bonds. The zero-order valence-electron chi connectivity index (χ0n) is 13.9. The first-order chi connectivity index (χ1) is 9.29. The van der Waals surface area contributed by atoms with Gasteiger partial charge in [-0.15, -0.1) is 0 Å². The van der Waals surface area contributed by atoms with E-state index in [2.05, 4.69) is 52.8 Å². The van der Waals surface area contributed by atoms with Gasteiger partial charge >= 0.3 is 0 Å². The lowest BCUT2D eigenvalue weighted by molar-refractivity contribution is 0.113. The minimum absolute atomic E-state index is 0.293. The van der Waals surface area contributed by atoms with Gasteiger partial charge in [-0.25, -0.2) is 0 Å². The Balaban J connectivity index is 2.11. The highest BCUT2D eigenvalue weighted by atomic mass is 14.7. The minimum atomic E-state index is 0.293. The quantitative estimate of drug-likeness (QED) is 0.853. The van der Waals surface area contributed by atoms with Gasteiger partial charge in [-0.05, 0) is 67.1 Å². The van der Waals surface area contributed by atoms with E-state index in [1.165, 1.54) is 36.0 Å². The highest BCUT2D eigenvalue weighted by molar-refractivity contribution is 5.30. The first-order valence-electron chi connectivity index (χ1n) is 8.11. The lowest BCUT2D eigenvalue weighted by Gasteiger charge is -2.43. The van der Waals surface area contributed by atoms with Crippen LogP contribution >= 0.6 is 0 Å². The molecular formula is C19H31N. The van der Waals surface area contributed by atoms with Crippen LogP contribution in [0.1, 0.15) is 56.7 Å². The zero-order chi connectivity index (χ0) is 14.9. The Morgan fingerprint density at radius 3 is 2.45 bits per heavy atom. The zero-order valence-corrected chi connectivity index (χ0v) is 13.9. The van der Waals surface area contributed by atoms with Crippen LogP contribution in [0, 0.1) is 31.1 Å². The minimum Gasteiger partial charge on any atom is -0.327 e. The van der Waals surface area contributed by atoms with Crippen molar-refractivity contribution in [2.75, 3.05) is 0 Å². The van der Waals surface area contributed by atoms with Crippen molar-refractivity contribution in [2.45, 2.75) is 66.3 Å². The van der Waals surface area contributed by atoms with Gasteiger partial charge in [0.1, 0.15) is 0 Å². The number of rotatable bonds is 3. The van der Waals surface area contributed by atoms with Crippen LogP contribution in [0.2, 0.25) is 0 Å². The summed E-state index contributed by atoms with van der Waals surface area (Å²) in [6.07, 6.45) is 4.97. The van der Waals surface area contributed by atoms with Gasteiger partial charge in [-0.1, -0.05) is 45.4 Å². The number of hydrogen-bond acceptors (Lipinski definition) is 1. The summed E-state index contributed by atoms with van der Waals surface area (Å²) in [5, 5.41) is 0. The molecular weight excluding hydrogens is 242 g/mol. The van der Waals surface area contributed by atoms with E-state index in [9.17, 15) is 0 Å². The maximum absolute atomic E-state index is 6.46. The van der Waals surface area contributed by atoms with Crippen molar-refractivity contribution < 1.29 is 0 Å². The van der Waals surface area contributed by atoms with E-state index < -0.39 is 0 Å². The molecule has 0 saturated heterocycles. The van der Waals surface area contributed by atoms with E-state index in [4.69, 9.17) is 5.73 Å². The predicted octanol–water partition coefficient (Wildman–Crippen LogP) is 4.64. The van der Waals surface area contributed by atoms with Crippen LogP contribution in [-0.4, -0.2) is 6.04 Å². The summed E-state index contributed by atoms with van der Waals surface area (Å²) >= 11 is 0. The summed E-state index contributed by atoms with van der Waals surface area (Å²) in [4.78, 5) is 0. The SMILES string of the molecule is Cc1ccc(CC(C)(C)C2CCC(C)CC2N)cc1C. The van der Waals surface area contributed by atoms with Gasteiger partial charge in [-0.3, -0.25) is 0 Å². The summed E-state index contributed by atoms with van der Waals surface area (Å²) in [5.74, 6) is 1.46. The highest BCUT2D eigenvalue weighted by Crippen LogP contribution is 2.41. The van der Waals surface area contributed by atoms with E-state index in [0.717, 1.165) is 12.3 Å². The van der Waals surface area contributed by atoms with Gasteiger partial charge < -0.3 is 5.73 Å². The summed E-state index contributed by atoms with van der Waals surface area (Å²) < 4.78 is 0. The second-order valence-corrected chi connectivity index (χ2v) is 7.77. The Kier molecular flexibility index (Phi) is 4.59. The second-order valence-electron chi connectivity index (χ2n) is 7.77. The van der Waals surface area contributed by atoms with E-state index in [-0.39, 0.29) is 0 Å². The van der Waals surface area contributed by atoms with E-state index in [0.29, 0.717) is 17.4 Å². The lowest BCUT2D eigenvalue weighted by Crippen LogP contribution is -2.44. The summed E-state index contributed by atoms with van der Waals surface area (Å²) in [6.45, 7) is 11.5. The molecule has 1 aromatic carbocycles. The van der Waals surface area contributed by atoms with Crippen molar-refractivity contribution in [3.63, 3.8) is 0 Å². The summed E-state index contributed by atoms with van der Waals surface area (Å²) in [7, 11) is 0. The molecule has 1 aliphatic rings. The smallest absolute Gasteiger partial charge is 0.00749 e. The van der Waals surface area contributed by atoms with Gasteiger partial charge in [0.2, 0.25) is 0 Å². The second kappa shape index (κ2) is 5.89. The largest absolute Gasteiger partial charge is 0.327 e. The molecule has 0 spiro atoms. The van der Waals surface area contributed by atoms with Crippen LogP contribution in [0.3, 0.4) is 0 Å². The Morgan fingerprint density at radius 2 is 1.85 bits per heavy atom. The fourth-order valence-electron chi connectivity index (χ4n) is 3.97. The molecule has 2 rings (SSSR count). The molecule has 0 heterocycles. The molecule has 1 fully saturated rings. The average molecular weight is 273 g/mol. The molecule has 0 aliphatic heterocycles. The molecule has 0 radical (unpaired) electrons. The molecule has 2 N–H and O–H groups in total. The highest BCUT2D eigenvalue weighted by Gasteiger charge is 2.37. The van der Waals surface area contributed by atoms with Gasteiger partial charge in [0.05, 0.1) is 0 Å². The normalized spacial score (nSPS) is 27.6. The average Bonchev–Trinajstić information content (AvgIpc) is 2.33. The maximum atomic E-state index is 6.46. The lowest BCUT2D eigenvalue weighted by atomic mass is 9.64. The predicted molar refractivity (Wildman–Crippen MR) is 87.9 cm³/mol. The Hall–Kier alpha value is -0.820. The maximum Gasteiger partial charge on any atom is 0.00749 e. The van der Waals surface area contributed by atoms with Gasteiger partial charge in [0.25, 0.3) is 0 Å². The van der Waals surface area contributed by atoms with E-state index >= 15 is 0 Å². The van der Waals surface area contributed by atoms with Crippen molar-refractivity contribution >= 4 is 0 Å². The Morgan fingerprint density at radius 1 is 1.15 bits per heavy atom. The Bertz CT molecular complexity index is 461. The fourth-order valence-corrected chi connectivity index (χ4v) is 3.97. The van der Waals surface area contributed by atoms with Crippen molar-refractivity contribution in [1.82, 2.24) is 0 Å². The molecule has 0 aromatic heterocycles. The van der Waals surface area contributed by atoms with Crippen molar-refractivity contribution in [1.29, 1.82) is 0 Å². The fraction of sp³-hybridized carbons (Fsp3) is 0.684. The third kappa shape index (κ3) is 3.44. The topological polar surface area (TPSA) is 26.0 Å². The van der Waals surface area contributed by atoms with Crippen molar-refractivity contribution in [2.24, 2.45) is 23.0 Å².